The van der Waals surface area contributed by atoms with Crippen LogP contribution in [-0.2, 0) is 28.5 Å². The minimum atomic E-state index is -1.38. The van der Waals surface area contributed by atoms with Gasteiger partial charge in [-0.25, -0.2) is 0 Å². The molecular formula is C17H33NO7. The first kappa shape index (κ1) is 23.9. The molecule has 0 aliphatic heterocycles. The largest absolute Gasteiger partial charge is 0.463 e. The van der Waals surface area contributed by atoms with Crippen molar-refractivity contribution < 1.29 is 33.6 Å². The predicted octanol–water partition coefficient (Wildman–Crippen LogP) is 0.784. The Kier molecular flexibility index (Phi) is 13.5. The van der Waals surface area contributed by atoms with E-state index in [0.717, 1.165) is 6.42 Å². The van der Waals surface area contributed by atoms with Crippen molar-refractivity contribution in [3.63, 3.8) is 0 Å². The van der Waals surface area contributed by atoms with Crippen LogP contribution >= 0.6 is 0 Å². The Labute approximate surface area is 149 Å². The lowest BCUT2D eigenvalue weighted by Crippen LogP contribution is -2.34. The molecule has 3 N–H and O–H groups in total. The van der Waals surface area contributed by atoms with Crippen LogP contribution < -0.4 is 5.73 Å². The molecule has 0 aliphatic rings. The summed E-state index contributed by atoms with van der Waals surface area (Å²) in [4.78, 5) is 23.2. The lowest BCUT2D eigenvalue weighted by molar-refractivity contribution is -0.148. The fraction of sp³-hybridized carbons (Fsp3) is 0.882. The number of carbonyl (C=O) groups is 2. The monoisotopic (exact) mass is 363 g/mol. The Morgan fingerprint density at radius 2 is 1.56 bits per heavy atom. The van der Waals surface area contributed by atoms with E-state index in [4.69, 9.17) is 24.7 Å². The van der Waals surface area contributed by atoms with Crippen LogP contribution in [0.5, 0.6) is 0 Å². The Hall–Kier alpha value is -1.06. The first-order chi connectivity index (χ1) is 11.8. The van der Waals surface area contributed by atoms with Crippen molar-refractivity contribution in [2.24, 2.45) is 5.73 Å². The van der Waals surface area contributed by atoms with Gasteiger partial charge in [0.05, 0.1) is 39.5 Å². The van der Waals surface area contributed by atoms with Gasteiger partial charge >= 0.3 is 5.97 Å². The summed E-state index contributed by atoms with van der Waals surface area (Å²) >= 11 is 0. The summed E-state index contributed by atoms with van der Waals surface area (Å²) in [5.41, 5.74) is 4.21. The maximum atomic E-state index is 11.7. The van der Waals surface area contributed by atoms with Gasteiger partial charge in [-0.05, 0) is 19.8 Å². The van der Waals surface area contributed by atoms with Crippen LogP contribution in [0.25, 0.3) is 0 Å². The number of Topliss-reactive ketones (excluding diaryl/α,β-unsaturated/α-hetero) is 1. The van der Waals surface area contributed by atoms with Crippen LogP contribution in [0.15, 0.2) is 0 Å². The summed E-state index contributed by atoms with van der Waals surface area (Å²) in [6, 6.07) is 0. The molecule has 0 aromatic heterocycles. The lowest BCUT2D eigenvalue weighted by atomic mass is 9.95. The number of carbonyl (C=O) groups excluding carboxylic acids is 2. The van der Waals surface area contributed by atoms with Gasteiger partial charge in [0.25, 0.3) is 0 Å². The Balaban J connectivity index is 3.45. The second-order valence-electron chi connectivity index (χ2n) is 5.81. The van der Waals surface area contributed by atoms with E-state index in [-0.39, 0.29) is 38.1 Å². The summed E-state index contributed by atoms with van der Waals surface area (Å²) < 4.78 is 20.7. The van der Waals surface area contributed by atoms with Crippen molar-refractivity contribution in [3.05, 3.63) is 0 Å². The van der Waals surface area contributed by atoms with Crippen LogP contribution in [0.2, 0.25) is 0 Å². The second kappa shape index (κ2) is 14.1. The molecule has 0 aromatic rings. The van der Waals surface area contributed by atoms with Gasteiger partial charge in [-0.2, -0.15) is 0 Å². The zero-order valence-corrected chi connectivity index (χ0v) is 15.6. The third-order valence-electron chi connectivity index (χ3n) is 3.67. The average molecular weight is 363 g/mol. The number of aliphatic hydroxyl groups is 1. The zero-order valence-electron chi connectivity index (χ0n) is 15.6. The molecule has 0 bridgehead atoms. The van der Waals surface area contributed by atoms with E-state index in [2.05, 4.69) is 0 Å². The second-order valence-corrected chi connectivity index (χ2v) is 5.81. The van der Waals surface area contributed by atoms with Gasteiger partial charge in [-0.1, -0.05) is 13.8 Å². The molecule has 0 fully saturated rings. The van der Waals surface area contributed by atoms with E-state index < -0.39 is 11.6 Å². The van der Waals surface area contributed by atoms with Gasteiger partial charge in [-0.3, -0.25) is 9.59 Å². The molecule has 0 heterocycles. The van der Waals surface area contributed by atoms with Crippen LogP contribution in [0.4, 0.5) is 0 Å². The van der Waals surface area contributed by atoms with E-state index in [0.29, 0.717) is 32.8 Å². The maximum Gasteiger partial charge on any atom is 0.306 e. The number of rotatable bonds is 16. The molecule has 0 aromatic carbocycles. The highest BCUT2D eigenvalue weighted by molar-refractivity contribution is 5.89. The number of esters is 1. The number of hydrogen-bond acceptors (Lipinski definition) is 8. The predicted molar refractivity (Wildman–Crippen MR) is 92.0 cm³/mol. The molecular weight excluding hydrogens is 330 g/mol. The fourth-order valence-corrected chi connectivity index (χ4v) is 1.67. The van der Waals surface area contributed by atoms with Crippen molar-refractivity contribution in [2.75, 3.05) is 39.6 Å². The molecule has 0 amide bonds. The van der Waals surface area contributed by atoms with Gasteiger partial charge in [-0.15, -0.1) is 0 Å². The SMILES string of the molecule is CCC(N)OCCOCCOCCOC(=O)CCC(=O)C(C)(O)CC. The third kappa shape index (κ3) is 12.9. The van der Waals surface area contributed by atoms with Gasteiger partial charge in [0.1, 0.15) is 18.4 Å². The molecule has 0 aliphatic carbocycles. The van der Waals surface area contributed by atoms with E-state index in [1.54, 1.807) is 6.92 Å². The van der Waals surface area contributed by atoms with Crippen molar-refractivity contribution in [1.29, 1.82) is 0 Å². The molecule has 0 rings (SSSR count). The van der Waals surface area contributed by atoms with Gasteiger partial charge in [0.2, 0.25) is 0 Å². The molecule has 2 atom stereocenters. The summed E-state index contributed by atoms with van der Waals surface area (Å²) in [5.74, 6) is -0.839. The minimum absolute atomic E-state index is 0.0296. The van der Waals surface area contributed by atoms with Gasteiger partial charge in [0.15, 0.2) is 5.78 Å². The van der Waals surface area contributed by atoms with Crippen molar-refractivity contribution in [3.8, 4) is 0 Å². The molecule has 25 heavy (non-hydrogen) atoms. The average Bonchev–Trinajstić information content (AvgIpc) is 2.60. The smallest absolute Gasteiger partial charge is 0.306 e. The molecule has 8 nitrogen and oxygen atoms in total. The fourth-order valence-electron chi connectivity index (χ4n) is 1.67. The summed E-state index contributed by atoms with van der Waals surface area (Å²) in [6.45, 7) is 7.16. The summed E-state index contributed by atoms with van der Waals surface area (Å²) in [7, 11) is 0. The summed E-state index contributed by atoms with van der Waals surface area (Å²) in [5, 5.41) is 9.75. The van der Waals surface area contributed by atoms with Crippen LogP contribution in [0.3, 0.4) is 0 Å². The highest BCUT2D eigenvalue weighted by atomic mass is 16.6. The summed E-state index contributed by atoms with van der Waals surface area (Å²) in [6.07, 6.45) is 0.746. The third-order valence-corrected chi connectivity index (χ3v) is 3.67. The molecule has 0 saturated heterocycles. The maximum absolute atomic E-state index is 11.7. The molecule has 0 saturated carbocycles. The molecule has 2 unspecified atom stereocenters. The number of ketones is 1. The van der Waals surface area contributed by atoms with Crippen LogP contribution in [-0.4, -0.2) is 68.3 Å². The topological polar surface area (TPSA) is 117 Å². The highest BCUT2D eigenvalue weighted by Crippen LogP contribution is 2.13. The molecule has 8 heteroatoms. The van der Waals surface area contributed by atoms with E-state index in [1.807, 2.05) is 6.92 Å². The number of ether oxygens (including phenoxy) is 4. The van der Waals surface area contributed by atoms with Crippen molar-refractivity contribution in [2.45, 2.75) is 58.3 Å². The van der Waals surface area contributed by atoms with Crippen molar-refractivity contribution >= 4 is 11.8 Å². The highest BCUT2D eigenvalue weighted by Gasteiger charge is 2.27. The number of hydrogen-bond donors (Lipinski definition) is 2. The van der Waals surface area contributed by atoms with Gasteiger partial charge < -0.3 is 29.8 Å². The Morgan fingerprint density at radius 3 is 2.12 bits per heavy atom. The molecule has 148 valence electrons. The van der Waals surface area contributed by atoms with Crippen LogP contribution in [0, 0.1) is 0 Å². The van der Waals surface area contributed by atoms with Crippen LogP contribution in [0.1, 0.15) is 46.5 Å². The van der Waals surface area contributed by atoms with E-state index in [9.17, 15) is 14.7 Å². The Morgan fingerprint density at radius 1 is 1.00 bits per heavy atom. The van der Waals surface area contributed by atoms with E-state index >= 15 is 0 Å². The number of nitrogens with two attached hydrogens (primary N) is 1. The zero-order chi connectivity index (χ0) is 19.1. The van der Waals surface area contributed by atoms with Crippen molar-refractivity contribution in [1.82, 2.24) is 0 Å². The molecule has 0 spiro atoms. The quantitative estimate of drug-likeness (QED) is 0.235. The standard InChI is InChI=1S/C17H33NO7/c1-4-15(18)24-12-10-22-8-9-23-11-13-25-16(20)7-6-14(19)17(3,21)5-2/h15,21H,4-13,18H2,1-3H3. The minimum Gasteiger partial charge on any atom is -0.463 e. The first-order valence-electron chi connectivity index (χ1n) is 8.77. The Bertz CT molecular complexity index is 374. The normalized spacial score (nSPS) is 14.8. The first-order valence-corrected chi connectivity index (χ1v) is 8.77. The van der Waals surface area contributed by atoms with E-state index in [1.165, 1.54) is 6.92 Å². The van der Waals surface area contributed by atoms with Gasteiger partial charge in [0, 0.05) is 6.42 Å². The molecule has 0 radical (unpaired) electrons. The lowest BCUT2D eigenvalue weighted by Gasteiger charge is -2.18.